The maximum absolute atomic E-state index is 6.51. The highest BCUT2D eigenvalue weighted by molar-refractivity contribution is 7.26. The van der Waals surface area contributed by atoms with Crippen LogP contribution in [0.4, 0.5) is 0 Å². The Hall–Kier alpha value is -6.21. The summed E-state index contributed by atoms with van der Waals surface area (Å²) < 4.78 is 15.6. The van der Waals surface area contributed by atoms with E-state index in [4.69, 9.17) is 13.8 Å². The van der Waals surface area contributed by atoms with Crippen molar-refractivity contribution in [2.24, 2.45) is 4.99 Å². The lowest BCUT2D eigenvalue weighted by Gasteiger charge is -2.32. The van der Waals surface area contributed by atoms with Gasteiger partial charge in [0.15, 0.2) is 0 Å². The number of hydrogen-bond acceptors (Lipinski definition) is 6. The molecular formula is C45H29N3O2S. The van der Waals surface area contributed by atoms with Gasteiger partial charge in [-0.15, -0.1) is 11.3 Å². The highest BCUT2D eigenvalue weighted by Gasteiger charge is 2.28. The van der Waals surface area contributed by atoms with Gasteiger partial charge in [0, 0.05) is 47.3 Å². The van der Waals surface area contributed by atoms with Gasteiger partial charge in [0.2, 0.25) is 0 Å². The largest absolute Gasteiger partial charge is 0.456 e. The van der Waals surface area contributed by atoms with Gasteiger partial charge in [0.1, 0.15) is 40.5 Å². The molecule has 0 saturated carbocycles. The van der Waals surface area contributed by atoms with Crippen molar-refractivity contribution in [1.82, 2.24) is 10.6 Å². The first-order chi connectivity index (χ1) is 25.3. The van der Waals surface area contributed by atoms with Crippen LogP contribution in [0, 0.1) is 0 Å². The zero-order valence-corrected chi connectivity index (χ0v) is 28.1. The Kier molecular flexibility index (Phi) is 6.26. The van der Waals surface area contributed by atoms with Gasteiger partial charge in [0.05, 0.1) is 5.56 Å². The highest BCUT2D eigenvalue weighted by atomic mass is 32.1. The topological polar surface area (TPSA) is 62.7 Å². The number of thiophene rings is 1. The molecule has 5 nitrogen and oxygen atoms in total. The molecule has 0 bridgehead atoms. The second kappa shape index (κ2) is 11.2. The Morgan fingerprint density at radius 2 is 1.22 bits per heavy atom. The van der Waals surface area contributed by atoms with E-state index >= 15 is 0 Å². The molecule has 1 aliphatic heterocycles. The van der Waals surface area contributed by atoms with Crippen molar-refractivity contribution in [3.63, 3.8) is 0 Å². The molecule has 0 aliphatic carbocycles. The van der Waals surface area contributed by atoms with E-state index < -0.39 is 0 Å². The summed E-state index contributed by atoms with van der Waals surface area (Å²) in [5.41, 5.74) is 8.94. The molecule has 0 fully saturated rings. The fourth-order valence-electron chi connectivity index (χ4n) is 7.81. The Labute approximate surface area is 296 Å². The predicted molar refractivity (Wildman–Crippen MR) is 210 cm³/mol. The average Bonchev–Trinajstić information content (AvgIpc) is 3.89. The first-order valence-electron chi connectivity index (χ1n) is 17.2. The summed E-state index contributed by atoms with van der Waals surface area (Å²) in [7, 11) is 0. The maximum Gasteiger partial charge on any atom is 0.146 e. The van der Waals surface area contributed by atoms with Crippen LogP contribution in [0.15, 0.2) is 165 Å². The Morgan fingerprint density at radius 1 is 0.510 bits per heavy atom. The molecule has 2 atom stereocenters. The minimum Gasteiger partial charge on any atom is -0.456 e. The van der Waals surface area contributed by atoms with Crippen LogP contribution < -0.4 is 10.6 Å². The summed E-state index contributed by atoms with van der Waals surface area (Å²) in [5.74, 6) is 0.784. The standard InChI is InChI=1S/C45H29N3O2S/c1-2-11-26(12-3-1)43-46-44(48-45(47-43)34-19-8-16-31-28-13-4-6-20-36(28)50-41(31)34)27-23-24-37-35(25-27)40-30(15-10-21-38(40)49-37)33-18-9-17-32-29-14-5-7-22-39(29)51-42(32)33/h1-25,43-44,46H,(H,47,48). The lowest BCUT2D eigenvalue weighted by molar-refractivity contribution is 0.409. The normalized spacial score (nSPS) is 16.4. The molecule has 0 radical (unpaired) electrons. The van der Waals surface area contributed by atoms with E-state index in [2.05, 4.69) is 144 Å². The van der Waals surface area contributed by atoms with Gasteiger partial charge in [-0.1, -0.05) is 115 Å². The molecule has 1 aliphatic rings. The van der Waals surface area contributed by atoms with Gasteiger partial charge >= 0.3 is 0 Å². The van der Waals surface area contributed by atoms with E-state index in [1.165, 1.54) is 31.3 Å². The fourth-order valence-corrected chi connectivity index (χ4v) is 9.04. The van der Waals surface area contributed by atoms with E-state index in [-0.39, 0.29) is 12.3 Å². The molecule has 2 N–H and O–H groups in total. The molecule has 0 saturated heterocycles. The second-order valence-electron chi connectivity index (χ2n) is 13.1. The van der Waals surface area contributed by atoms with E-state index in [1.807, 2.05) is 29.5 Å². The monoisotopic (exact) mass is 675 g/mol. The van der Waals surface area contributed by atoms with Crippen molar-refractivity contribution in [2.45, 2.75) is 12.3 Å². The molecule has 0 spiro atoms. The number of benzene rings is 7. The molecular weight excluding hydrogens is 647 g/mol. The molecule has 3 aromatic heterocycles. The molecule has 10 aromatic rings. The van der Waals surface area contributed by atoms with Crippen LogP contribution in [-0.2, 0) is 0 Å². The molecule has 11 rings (SSSR count). The second-order valence-corrected chi connectivity index (χ2v) is 14.2. The van der Waals surface area contributed by atoms with Crippen LogP contribution >= 0.6 is 11.3 Å². The lowest BCUT2D eigenvalue weighted by Crippen LogP contribution is -2.45. The Morgan fingerprint density at radius 3 is 2.14 bits per heavy atom. The SMILES string of the molecule is c1ccc(C2N=C(c3cccc4c3oc3ccccc34)NC(c3ccc4oc5cccc(-c6cccc7c6sc6ccccc67)c5c4c3)N2)cc1. The smallest absolute Gasteiger partial charge is 0.146 e. The molecule has 7 aromatic carbocycles. The lowest BCUT2D eigenvalue weighted by atomic mass is 9.97. The highest BCUT2D eigenvalue weighted by Crippen LogP contribution is 2.44. The third kappa shape index (κ3) is 4.47. The number of nitrogens with one attached hydrogen (secondary N) is 2. The number of para-hydroxylation sites is 2. The van der Waals surface area contributed by atoms with Gasteiger partial charge in [-0.05, 0) is 53.1 Å². The third-order valence-corrected chi connectivity index (χ3v) is 11.4. The maximum atomic E-state index is 6.51. The summed E-state index contributed by atoms with van der Waals surface area (Å²) >= 11 is 1.85. The van der Waals surface area contributed by atoms with Crippen molar-refractivity contribution in [3.8, 4) is 11.1 Å². The van der Waals surface area contributed by atoms with Gasteiger partial charge in [-0.2, -0.15) is 0 Å². The zero-order valence-electron chi connectivity index (χ0n) is 27.3. The fraction of sp³-hybridized carbons (Fsp3) is 0.0444. The summed E-state index contributed by atoms with van der Waals surface area (Å²) in [6, 6.07) is 53.1. The Bertz CT molecular complexity index is 3010. The number of fused-ring (bicyclic) bond motifs is 9. The van der Waals surface area contributed by atoms with E-state index in [0.29, 0.717) is 0 Å². The van der Waals surface area contributed by atoms with Crippen molar-refractivity contribution in [1.29, 1.82) is 0 Å². The average molecular weight is 676 g/mol. The van der Waals surface area contributed by atoms with Gasteiger partial charge in [0.25, 0.3) is 0 Å². The van der Waals surface area contributed by atoms with Gasteiger partial charge < -0.3 is 14.2 Å². The number of rotatable bonds is 4. The van der Waals surface area contributed by atoms with Crippen molar-refractivity contribution in [3.05, 3.63) is 168 Å². The van der Waals surface area contributed by atoms with Crippen LogP contribution in [0.1, 0.15) is 29.0 Å². The number of amidine groups is 1. The van der Waals surface area contributed by atoms with Crippen LogP contribution in [0.2, 0.25) is 0 Å². The number of aliphatic imine (C=N–C) groups is 1. The molecule has 51 heavy (non-hydrogen) atoms. The van der Waals surface area contributed by atoms with Crippen LogP contribution in [0.5, 0.6) is 0 Å². The first-order valence-corrected chi connectivity index (χ1v) is 18.0. The molecule has 6 heteroatoms. The van der Waals surface area contributed by atoms with Crippen LogP contribution in [-0.4, -0.2) is 5.84 Å². The van der Waals surface area contributed by atoms with Crippen molar-refractivity contribution >= 4 is 81.2 Å². The zero-order chi connectivity index (χ0) is 33.5. The summed E-state index contributed by atoms with van der Waals surface area (Å²) in [6.07, 6.45) is -0.514. The van der Waals surface area contributed by atoms with Gasteiger partial charge in [-0.3, -0.25) is 5.32 Å². The molecule has 4 heterocycles. The first kappa shape index (κ1) is 28.6. The summed E-state index contributed by atoms with van der Waals surface area (Å²) in [5, 5.41) is 14.5. The number of hydrogen-bond donors (Lipinski definition) is 2. The Balaban J connectivity index is 1.07. The molecule has 242 valence electrons. The minimum atomic E-state index is -0.273. The minimum absolute atomic E-state index is 0.241. The third-order valence-electron chi connectivity index (χ3n) is 10.2. The number of furan rings is 2. The van der Waals surface area contributed by atoms with E-state index in [9.17, 15) is 0 Å². The van der Waals surface area contributed by atoms with Crippen molar-refractivity contribution < 1.29 is 8.83 Å². The van der Waals surface area contributed by atoms with E-state index in [1.54, 1.807) is 0 Å². The number of nitrogens with zero attached hydrogens (tertiary/aromatic N) is 1. The molecule has 2 unspecified atom stereocenters. The van der Waals surface area contributed by atoms with Gasteiger partial charge in [-0.25, -0.2) is 4.99 Å². The quantitative estimate of drug-likeness (QED) is 0.195. The van der Waals surface area contributed by atoms with E-state index in [0.717, 1.165) is 66.4 Å². The predicted octanol–water partition coefficient (Wildman–Crippen LogP) is 11.9. The molecule has 0 amide bonds. The van der Waals surface area contributed by atoms with Crippen molar-refractivity contribution in [2.75, 3.05) is 0 Å². The summed E-state index contributed by atoms with van der Waals surface area (Å²) in [6.45, 7) is 0. The summed E-state index contributed by atoms with van der Waals surface area (Å²) in [4.78, 5) is 5.24. The van der Waals surface area contributed by atoms with Crippen LogP contribution in [0.25, 0.3) is 75.2 Å². The van der Waals surface area contributed by atoms with Crippen LogP contribution in [0.3, 0.4) is 0 Å².